The maximum Gasteiger partial charge on any atom is 0.321 e. The van der Waals surface area contributed by atoms with E-state index < -0.39 is 0 Å². The van der Waals surface area contributed by atoms with E-state index in [1.54, 1.807) is 0 Å². The molecule has 0 bridgehead atoms. The molecule has 3 N–H and O–H groups in total. The number of nitrogens with zero attached hydrogens (tertiary/aromatic N) is 1. The molecular weight excluding hydrogens is 262 g/mol. The van der Waals surface area contributed by atoms with Crippen molar-refractivity contribution in [2.45, 2.75) is 26.7 Å². The minimum Gasteiger partial charge on any atom is -0.325 e. The second-order valence-electron chi connectivity index (χ2n) is 5.69. The molecule has 1 aromatic carbocycles. The molecule has 21 heavy (non-hydrogen) atoms. The van der Waals surface area contributed by atoms with Crippen molar-refractivity contribution in [1.29, 1.82) is 0 Å². The maximum absolute atomic E-state index is 12.3. The summed E-state index contributed by atoms with van der Waals surface area (Å²) in [6.45, 7) is 6.23. The number of hydrogen-bond donors (Lipinski definition) is 2. The number of piperidine rings is 1. The average molecular weight is 285 g/mol. The first-order valence-corrected chi connectivity index (χ1v) is 7.45. The van der Waals surface area contributed by atoms with Crippen LogP contribution in [-0.4, -0.2) is 30.6 Å². The molecule has 1 aliphatic heterocycles. The Morgan fingerprint density at radius 1 is 1.38 bits per heavy atom. The number of rotatable bonds is 1. The van der Waals surface area contributed by atoms with Crippen LogP contribution in [-0.2, 0) is 0 Å². The largest absolute Gasteiger partial charge is 0.325 e. The van der Waals surface area contributed by atoms with Gasteiger partial charge in [0.1, 0.15) is 0 Å². The van der Waals surface area contributed by atoms with Gasteiger partial charge in [0, 0.05) is 24.3 Å². The van der Waals surface area contributed by atoms with Gasteiger partial charge in [-0.1, -0.05) is 18.8 Å². The Bertz CT molecular complexity index is 563. The van der Waals surface area contributed by atoms with Crippen LogP contribution < -0.4 is 11.1 Å². The smallest absolute Gasteiger partial charge is 0.321 e. The van der Waals surface area contributed by atoms with E-state index >= 15 is 0 Å². The summed E-state index contributed by atoms with van der Waals surface area (Å²) in [4.78, 5) is 14.2. The molecule has 1 heterocycles. The molecule has 1 aliphatic rings. The summed E-state index contributed by atoms with van der Waals surface area (Å²) in [5.74, 6) is 6.55. The van der Waals surface area contributed by atoms with Crippen LogP contribution >= 0.6 is 0 Å². The molecule has 0 aromatic heterocycles. The van der Waals surface area contributed by atoms with Gasteiger partial charge in [0.15, 0.2) is 0 Å². The number of carbonyl (C=O) groups is 1. The second-order valence-corrected chi connectivity index (χ2v) is 5.69. The highest BCUT2D eigenvalue weighted by Crippen LogP contribution is 2.18. The molecule has 0 spiro atoms. The Morgan fingerprint density at radius 3 is 2.76 bits per heavy atom. The zero-order chi connectivity index (χ0) is 15.2. The number of benzene rings is 1. The highest BCUT2D eigenvalue weighted by Gasteiger charge is 2.20. The van der Waals surface area contributed by atoms with Crippen molar-refractivity contribution in [2.75, 3.05) is 25.0 Å². The van der Waals surface area contributed by atoms with E-state index in [0.717, 1.165) is 42.7 Å². The fourth-order valence-electron chi connectivity index (χ4n) is 2.49. The van der Waals surface area contributed by atoms with E-state index in [9.17, 15) is 4.79 Å². The summed E-state index contributed by atoms with van der Waals surface area (Å²) in [5, 5.41) is 2.97. The van der Waals surface area contributed by atoms with Crippen molar-refractivity contribution >= 4 is 11.7 Å². The molecule has 0 atom stereocenters. The number of likely N-dealkylation sites (tertiary alicyclic amines) is 1. The Kier molecular flexibility index (Phi) is 5.24. The Morgan fingerprint density at radius 2 is 2.10 bits per heavy atom. The monoisotopic (exact) mass is 285 g/mol. The number of urea groups is 1. The molecule has 4 heteroatoms. The topological polar surface area (TPSA) is 58.4 Å². The Hall–Kier alpha value is -1.99. The van der Waals surface area contributed by atoms with Gasteiger partial charge in [-0.2, -0.15) is 0 Å². The predicted octanol–water partition coefficient (Wildman–Crippen LogP) is 2.57. The normalized spacial score (nSPS) is 15.3. The van der Waals surface area contributed by atoms with Gasteiger partial charge in [-0.15, -0.1) is 0 Å². The van der Waals surface area contributed by atoms with E-state index in [0.29, 0.717) is 12.5 Å². The SMILES string of the molecule is Cc1cc(C#CCN)cc(NC(=O)N2CCC(C)CC2)c1. The van der Waals surface area contributed by atoms with Crippen molar-refractivity contribution in [3.63, 3.8) is 0 Å². The fourth-order valence-corrected chi connectivity index (χ4v) is 2.49. The summed E-state index contributed by atoms with van der Waals surface area (Å²) in [6, 6.07) is 5.81. The highest BCUT2D eigenvalue weighted by molar-refractivity contribution is 5.89. The van der Waals surface area contributed by atoms with Gasteiger partial charge in [-0.05, 0) is 49.4 Å². The molecule has 1 fully saturated rings. The number of amides is 2. The lowest BCUT2D eigenvalue weighted by molar-refractivity contribution is 0.186. The molecule has 0 aliphatic carbocycles. The van der Waals surface area contributed by atoms with Gasteiger partial charge in [0.05, 0.1) is 6.54 Å². The lowest BCUT2D eigenvalue weighted by atomic mass is 10.00. The highest BCUT2D eigenvalue weighted by atomic mass is 16.2. The molecule has 112 valence electrons. The van der Waals surface area contributed by atoms with Gasteiger partial charge in [0.25, 0.3) is 0 Å². The lowest BCUT2D eigenvalue weighted by Gasteiger charge is -2.30. The van der Waals surface area contributed by atoms with Crippen LogP contribution in [0.5, 0.6) is 0 Å². The molecule has 0 unspecified atom stereocenters. The zero-order valence-electron chi connectivity index (χ0n) is 12.8. The van der Waals surface area contributed by atoms with Crippen LogP contribution in [0.4, 0.5) is 10.5 Å². The zero-order valence-corrected chi connectivity index (χ0v) is 12.8. The van der Waals surface area contributed by atoms with Crippen molar-refractivity contribution in [2.24, 2.45) is 11.7 Å². The van der Waals surface area contributed by atoms with Crippen molar-refractivity contribution < 1.29 is 4.79 Å². The van der Waals surface area contributed by atoms with Crippen LogP contribution in [0.25, 0.3) is 0 Å². The molecule has 0 saturated carbocycles. The summed E-state index contributed by atoms with van der Waals surface area (Å²) in [6.07, 6.45) is 2.16. The fraction of sp³-hybridized carbons (Fsp3) is 0.471. The molecule has 1 aromatic rings. The van der Waals surface area contributed by atoms with Gasteiger partial charge >= 0.3 is 6.03 Å². The number of anilines is 1. The number of hydrogen-bond acceptors (Lipinski definition) is 2. The standard InChI is InChI=1S/C17H23N3O/c1-13-5-8-20(9-6-13)17(21)19-16-11-14(2)10-15(12-16)4-3-7-18/h10-13H,5-9,18H2,1-2H3,(H,19,21). The minimum absolute atomic E-state index is 0.0229. The third kappa shape index (κ3) is 4.51. The van der Waals surface area contributed by atoms with Gasteiger partial charge in [-0.3, -0.25) is 0 Å². The van der Waals surface area contributed by atoms with Crippen molar-refractivity contribution in [3.8, 4) is 11.8 Å². The molecule has 2 amide bonds. The molecular formula is C17H23N3O. The van der Waals surface area contributed by atoms with E-state index in [1.807, 2.05) is 30.0 Å². The quantitative estimate of drug-likeness (QED) is 0.779. The van der Waals surface area contributed by atoms with Crippen LogP contribution in [0, 0.1) is 24.7 Å². The molecule has 4 nitrogen and oxygen atoms in total. The first-order valence-electron chi connectivity index (χ1n) is 7.45. The van der Waals surface area contributed by atoms with E-state index in [-0.39, 0.29) is 6.03 Å². The van der Waals surface area contributed by atoms with E-state index in [1.165, 1.54) is 0 Å². The lowest BCUT2D eigenvalue weighted by Crippen LogP contribution is -2.40. The number of aryl methyl sites for hydroxylation is 1. The first kappa shape index (κ1) is 15.4. The van der Waals surface area contributed by atoms with Crippen molar-refractivity contribution in [1.82, 2.24) is 4.90 Å². The van der Waals surface area contributed by atoms with Gasteiger partial charge in [-0.25, -0.2) is 4.79 Å². The van der Waals surface area contributed by atoms with Crippen LogP contribution in [0.3, 0.4) is 0 Å². The second kappa shape index (κ2) is 7.14. The van der Waals surface area contributed by atoms with Crippen molar-refractivity contribution in [3.05, 3.63) is 29.3 Å². The van der Waals surface area contributed by atoms with Crippen LogP contribution in [0.1, 0.15) is 30.9 Å². The summed E-state index contributed by atoms with van der Waals surface area (Å²) in [5.41, 5.74) is 8.13. The molecule has 0 radical (unpaired) electrons. The maximum atomic E-state index is 12.3. The third-order valence-corrected chi connectivity index (χ3v) is 3.73. The van der Waals surface area contributed by atoms with Gasteiger partial charge in [0.2, 0.25) is 0 Å². The van der Waals surface area contributed by atoms with Gasteiger partial charge < -0.3 is 16.0 Å². The average Bonchev–Trinajstić information content (AvgIpc) is 2.45. The van der Waals surface area contributed by atoms with E-state index in [2.05, 4.69) is 24.1 Å². The number of carbonyl (C=O) groups excluding carboxylic acids is 1. The Balaban J connectivity index is 2.05. The first-order chi connectivity index (χ1) is 10.1. The summed E-state index contributed by atoms with van der Waals surface area (Å²) < 4.78 is 0. The number of nitrogens with one attached hydrogen (secondary N) is 1. The van der Waals surface area contributed by atoms with E-state index in [4.69, 9.17) is 5.73 Å². The third-order valence-electron chi connectivity index (χ3n) is 3.73. The summed E-state index contributed by atoms with van der Waals surface area (Å²) in [7, 11) is 0. The van der Waals surface area contributed by atoms with Crippen LogP contribution in [0.15, 0.2) is 18.2 Å². The van der Waals surface area contributed by atoms with Crippen LogP contribution in [0.2, 0.25) is 0 Å². The predicted molar refractivity (Wildman–Crippen MR) is 86.1 cm³/mol. The summed E-state index contributed by atoms with van der Waals surface area (Å²) >= 11 is 0. The Labute approximate surface area is 126 Å². The number of nitrogens with two attached hydrogens (primary N) is 1. The molecule has 2 rings (SSSR count). The molecule has 1 saturated heterocycles. The minimum atomic E-state index is -0.0229.